The Hall–Kier alpha value is -1.82. The summed E-state index contributed by atoms with van der Waals surface area (Å²) in [6, 6.07) is 2.94. The van der Waals surface area contributed by atoms with Gasteiger partial charge in [-0.3, -0.25) is 4.79 Å². The summed E-state index contributed by atoms with van der Waals surface area (Å²) in [7, 11) is 0. The Kier molecular flexibility index (Phi) is 3.36. The molecular formula is C12H8ClF3N2O. The van der Waals surface area contributed by atoms with Gasteiger partial charge in [-0.2, -0.15) is 13.2 Å². The lowest BCUT2D eigenvalue weighted by atomic mass is 10.1. The van der Waals surface area contributed by atoms with E-state index in [0.29, 0.717) is 5.69 Å². The van der Waals surface area contributed by atoms with Crippen molar-refractivity contribution in [3.63, 3.8) is 0 Å². The summed E-state index contributed by atoms with van der Waals surface area (Å²) in [5.74, 6) is 0. The van der Waals surface area contributed by atoms with Crippen LogP contribution in [0.15, 0.2) is 30.7 Å². The van der Waals surface area contributed by atoms with Gasteiger partial charge in [0.1, 0.15) is 0 Å². The average Bonchev–Trinajstić information content (AvgIpc) is 2.74. The third kappa shape index (κ3) is 2.96. The number of aryl methyl sites for hydroxylation is 1. The predicted molar refractivity (Wildman–Crippen MR) is 63.5 cm³/mol. The highest BCUT2D eigenvalue weighted by atomic mass is 35.5. The molecule has 2 aromatic rings. The number of halogens is 4. The molecule has 1 heterocycles. The molecule has 19 heavy (non-hydrogen) atoms. The van der Waals surface area contributed by atoms with Crippen LogP contribution in [0.5, 0.6) is 0 Å². The summed E-state index contributed by atoms with van der Waals surface area (Å²) in [4.78, 5) is 15.0. The van der Waals surface area contributed by atoms with Crippen molar-refractivity contribution in [3.8, 4) is 5.69 Å². The minimum absolute atomic E-state index is 0.180. The van der Waals surface area contributed by atoms with E-state index in [0.717, 1.165) is 12.1 Å². The van der Waals surface area contributed by atoms with Crippen molar-refractivity contribution in [2.75, 3.05) is 0 Å². The van der Waals surface area contributed by atoms with Gasteiger partial charge in [-0.1, -0.05) is 0 Å². The second-order valence-electron chi connectivity index (χ2n) is 3.96. The number of alkyl halides is 3. The molecule has 0 aliphatic rings. The van der Waals surface area contributed by atoms with Crippen LogP contribution in [-0.4, -0.2) is 14.8 Å². The minimum atomic E-state index is -4.55. The van der Waals surface area contributed by atoms with E-state index in [2.05, 4.69) is 4.98 Å². The first-order valence-corrected chi connectivity index (χ1v) is 5.58. The second kappa shape index (κ2) is 4.70. The zero-order chi connectivity index (χ0) is 14.2. The molecule has 0 bridgehead atoms. The molecule has 1 aromatic heterocycles. The first kappa shape index (κ1) is 13.6. The molecule has 0 aliphatic heterocycles. The Morgan fingerprint density at radius 1 is 1.32 bits per heavy atom. The van der Waals surface area contributed by atoms with Crippen LogP contribution in [0.3, 0.4) is 0 Å². The number of carbonyl (C=O) groups excluding carboxylic acids is 1. The Bertz CT molecular complexity index is 634. The van der Waals surface area contributed by atoms with Crippen LogP contribution in [0.1, 0.15) is 21.6 Å². The third-order valence-electron chi connectivity index (χ3n) is 2.48. The molecule has 0 amide bonds. The quantitative estimate of drug-likeness (QED) is 0.792. The van der Waals surface area contributed by atoms with Crippen molar-refractivity contribution in [1.82, 2.24) is 9.55 Å². The Labute approximate surface area is 111 Å². The topological polar surface area (TPSA) is 34.9 Å². The molecule has 0 aliphatic carbocycles. The fourth-order valence-electron chi connectivity index (χ4n) is 1.60. The van der Waals surface area contributed by atoms with Gasteiger partial charge in [-0.15, -0.1) is 0 Å². The molecule has 100 valence electrons. The number of benzene rings is 1. The average molecular weight is 289 g/mol. The number of rotatable bonds is 2. The SMILES string of the molecule is Cc1cn(-c2cc(C(=O)Cl)cc(C(F)(F)F)c2)cn1. The highest BCUT2D eigenvalue weighted by molar-refractivity contribution is 6.67. The molecule has 7 heteroatoms. The maximum absolute atomic E-state index is 12.8. The first-order chi connectivity index (χ1) is 8.77. The van der Waals surface area contributed by atoms with Crippen molar-refractivity contribution < 1.29 is 18.0 Å². The van der Waals surface area contributed by atoms with Gasteiger partial charge in [0, 0.05) is 17.4 Å². The van der Waals surface area contributed by atoms with Crippen molar-refractivity contribution in [2.24, 2.45) is 0 Å². The van der Waals surface area contributed by atoms with E-state index in [-0.39, 0.29) is 11.3 Å². The van der Waals surface area contributed by atoms with Crippen molar-refractivity contribution in [2.45, 2.75) is 13.1 Å². The number of carbonyl (C=O) groups is 1. The Morgan fingerprint density at radius 2 is 2.00 bits per heavy atom. The summed E-state index contributed by atoms with van der Waals surface area (Å²) in [6.45, 7) is 1.71. The van der Waals surface area contributed by atoms with Crippen LogP contribution in [0.2, 0.25) is 0 Å². The molecule has 1 aromatic carbocycles. The summed E-state index contributed by atoms with van der Waals surface area (Å²) in [6.07, 6.45) is -1.63. The zero-order valence-electron chi connectivity index (χ0n) is 9.70. The molecule has 0 saturated carbocycles. The number of hydrogen-bond donors (Lipinski definition) is 0. The fourth-order valence-corrected chi connectivity index (χ4v) is 1.71. The van der Waals surface area contributed by atoms with Gasteiger partial charge in [0.15, 0.2) is 0 Å². The minimum Gasteiger partial charge on any atom is -0.306 e. The number of nitrogens with zero attached hydrogens (tertiary/aromatic N) is 2. The van der Waals surface area contributed by atoms with E-state index in [1.165, 1.54) is 17.0 Å². The molecule has 0 fully saturated rings. The van der Waals surface area contributed by atoms with Crippen LogP contribution in [0.4, 0.5) is 13.2 Å². The summed E-state index contributed by atoms with van der Waals surface area (Å²) in [5.41, 5.74) is -0.311. The van der Waals surface area contributed by atoms with Crippen molar-refractivity contribution >= 4 is 16.8 Å². The van der Waals surface area contributed by atoms with Crippen LogP contribution in [-0.2, 0) is 6.18 Å². The molecular weight excluding hydrogens is 281 g/mol. The largest absolute Gasteiger partial charge is 0.416 e. The molecule has 0 atom stereocenters. The highest BCUT2D eigenvalue weighted by Crippen LogP contribution is 2.32. The van der Waals surface area contributed by atoms with Crippen LogP contribution in [0, 0.1) is 6.92 Å². The predicted octanol–water partition coefficient (Wildman–Crippen LogP) is 3.58. The summed E-state index contributed by atoms with van der Waals surface area (Å²) >= 11 is 5.26. The van der Waals surface area contributed by atoms with E-state index < -0.39 is 17.0 Å². The Morgan fingerprint density at radius 3 is 2.47 bits per heavy atom. The molecule has 0 radical (unpaired) electrons. The number of hydrogen-bond acceptors (Lipinski definition) is 2. The van der Waals surface area contributed by atoms with E-state index in [4.69, 9.17) is 11.6 Å². The fraction of sp³-hybridized carbons (Fsp3) is 0.167. The van der Waals surface area contributed by atoms with Crippen molar-refractivity contribution in [1.29, 1.82) is 0 Å². The van der Waals surface area contributed by atoms with Gasteiger partial charge in [-0.05, 0) is 36.7 Å². The molecule has 2 rings (SSSR count). The molecule has 0 spiro atoms. The number of aromatic nitrogens is 2. The Balaban J connectivity index is 2.61. The third-order valence-corrected chi connectivity index (χ3v) is 2.70. The lowest BCUT2D eigenvalue weighted by Crippen LogP contribution is -2.08. The maximum Gasteiger partial charge on any atom is 0.416 e. The van der Waals surface area contributed by atoms with Crippen molar-refractivity contribution in [3.05, 3.63) is 47.5 Å². The highest BCUT2D eigenvalue weighted by Gasteiger charge is 2.31. The van der Waals surface area contributed by atoms with Gasteiger partial charge >= 0.3 is 6.18 Å². The molecule has 0 saturated heterocycles. The molecule has 0 unspecified atom stereocenters. The van der Waals surface area contributed by atoms with Gasteiger partial charge in [-0.25, -0.2) is 4.98 Å². The normalized spacial score (nSPS) is 11.6. The lowest BCUT2D eigenvalue weighted by molar-refractivity contribution is -0.137. The molecule has 3 nitrogen and oxygen atoms in total. The van der Waals surface area contributed by atoms with Gasteiger partial charge in [0.05, 0.1) is 17.6 Å². The van der Waals surface area contributed by atoms with E-state index >= 15 is 0 Å². The standard InChI is InChI=1S/C12H8ClF3N2O/c1-7-5-18(6-17-7)10-3-8(11(13)19)2-9(4-10)12(14,15)16/h2-6H,1H3. The van der Waals surface area contributed by atoms with Gasteiger partial charge in [0.25, 0.3) is 5.24 Å². The van der Waals surface area contributed by atoms with E-state index in [1.807, 2.05) is 0 Å². The summed E-state index contributed by atoms with van der Waals surface area (Å²) < 4.78 is 39.7. The second-order valence-corrected chi connectivity index (χ2v) is 4.31. The van der Waals surface area contributed by atoms with Gasteiger partial charge < -0.3 is 4.57 Å². The monoisotopic (exact) mass is 288 g/mol. The van der Waals surface area contributed by atoms with E-state index in [1.54, 1.807) is 13.1 Å². The lowest BCUT2D eigenvalue weighted by Gasteiger charge is -2.11. The van der Waals surface area contributed by atoms with E-state index in [9.17, 15) is 18.0 Å². The number of imidazole rings is 1. The van der Waals surface area contributed by atoms with Crippen LogP contribution < -0.4 is 0 Å². The maximum atomic E-state index is 12.8. The van der Waals surface area contributed by atoms with Crippen LogP contribution in [0.25, 0.3) is 5.69 Å². The van der Waals surface area contributed by atoms with Gasteiger partial charge in [0.2, 0.25) is 0 Å². The molecule has 0 N–H and O–H groups in total. The summed E-state index contributed by atoms with van der Waals surface area (Å²) in [5, 5.41) is -0.941. The first-order valence-electron chi connectivity index (χ1n) is 5.20. The smallest absolute Gasteiger partial charge is 0.306 e. The van der Waals surface area contributed by atoms with Crippen LogP contribution >= 0.6 is 11.6 Å². The zero-order valence-corrected chi connectivity index (χ0v) is 10.5.